The summed E-state index contributed by atoms with van der Waals surface area (Å²) in [5, 5.41) is 2.96. The Balaban J connectivity index is 2.45. The molecule has 118 valence electrons. The molecule has 0 aliphatic carbocycles. The molecule has 0 aromatic heterocycles. The number of nitrogens with zero attached hydrogens (tertiary/aromatic N) is 1. The minimum Gasteiger partial charge on any atom is -0.318 e. The summed E-state index contributed by atoms with van der Waals surface area (Å²) in [6, 6.07) is 1.34. The van der Waals surface area contributed by atoms with Crippen LogP contribution in [0.15, 0.2) is 21.5 Å². The maximum absolute atomic E-state index is 14.0. The lowest BCUT2D eigenvalue weighted by atomic mass is 10.1. The first-order valence-electron chi connectivity index (χ1n) is 6.69. The topological polar surface area (TPSA) is 49.4 Å². The molecule has 1 fully saturated rings. The van der Waals surface area contributed by atoms with Crippen molar-refractivity contribution in [1.82, 2.24) is 9.62 Å². The molecule has 0 radical (unpaired) electrons. The standard InChI is InChI=1S/C13H17BrF2N2O2S/c1-17-8-10-4-2-3-5-18(10)21(19,20)13-11(14)6-9(15)7-12(13)16/h6-7,10,17H,2-5,8H2,1H3. The molecule has 0 spiro atoms. The third-order valence-electron chi connectivity index (χ3n) is 3.54. The van der Waals surface area contributed by atoms with Gasteiger partial charge in [-0.05, 0) is 41.9 Å². The van der Waals surface area contributed by atoms with Crippen molar-refractivity contribution >= 4 is 26.0 Å². The van der Waals surface area contributed by atoms with E-state index < -0.39 is 26.6 Å². The molecule has 1 aromatic carbocycles. The Hall–Kier alpha value is -0.570. The van der Waals surface area contributed by atoms with Gasteiger partial charge < -0.3 is 5.32 Å². The van der Waals surface area contributed by atoms with Gasteiger partial charge in [-0.25, -0.2) is 17.2 Å². The van der Waals surface area contributed by atoms with Gasteiger partial charge in [0, 0.05) is 29.7 Å². The Morgan fingerprint density at radius 1 is 1.38 bits per heavy atom. The van der Waals surface area contributed by atoms with Gasteiger partial charge in [0.1, 0.15) is 16.5 Å². The Labute approximate surface area is 131 Å². The van der Waals surface area contributed by atoms with E-state index >= 15 is 0 Å². The van der Waals surface area contributed by atoms with Gasteiger partial charge in [-0.3, -0.25) is 0 Å². The number of piperidine rings is 1. The minimum absolute atomic E-state index is 0.0891. The number of likely N-dealkylation sites (N-methyl/N-ethyl adjacent to an activating group) is 1. The number of hydrogen-bond donors (Lipinski definition) is 1. The molecule has 1 aliphatic rings. The second kappa shape index (κ2) is 6.68. The Morgan fingerprint density at radius 3 is 2.71 bits per heavy atom. The fourth-order valence-corrected chi connectivity index (χ4v) is 5.43. The van der Waals surface area contributed by atoms with Gasteiger partial charge in [0.25, 0.3) is 0 Å². The highest BCUT2D eigenvalue weighted by Gasteiger charge is 2.36. The number of benzene rings is 1. The van der Waals surface area contributed by atoms with Crippen molar-refractivity contribution in [1.29, 1.82) is 0 Å². The first-order chi connectivity index (χ1) is 9.87. The van der Waals surface area contributed by atoms with E-state index in [0.717, 1.165) is 25.3 Å². The maximum Gasteiger partial charge on any atom is 0.247 e. The van der Waals surface area contributed by atoms with Crippen molar-refractivity contribution in [2.24, 2.45) is 0 Å². The first kappa shape index (κ1) is 16.8. The fourth-order valence-electron chi connectivity index (χ4n) is 2.62. The van der Waals surface area contributed by atoms with Crippen LogP contribution in [0.25, 0.3) is 0 Å². The Morgan fingerprint density at radius 2 is 2.10 bits per heavy atom. The number of halogens is 3. The van der Waals surface area contributed by atoms with Crippen LogP contribution in [0.1, 0.15) is 19.3 Å². The smallest absolute Gasteiger partial charge is 0.247 e. The predicted molar refractivity (Wildman–Crippen MR) is 79.5 cm³/mol. The number of sulfonamides is 1. The highest BCUT2D eigenvalue weighted by Crippen LogP contribution is 2.32. The molecule has 1 heterocycles. The molecule has 0 saturated carbocycles. The molecule has 4 nitrogen and oxygen atoms in total. The average molecular weight is 383 g/mol. The van der Waals surface area contributed by atoms with Crippen LogP contribution in [0.3, 0.4) is 0 Å². The number of hydrogen-bond acceptors (Lipinski definition) is 3. The van der Waals surface area contributed by atoms with Gasteiger partial charge in [0.05, 0.1) is 0 Å². The lowest BCUT2D eigenvalue weighted by Crippen LogP contribution is -2.48. The maximum atomic E-state index is 14.0. The summed E-state index contributed by atoms with van der Waals surface area (Å²) in [7, 11) is -2.26. The molecule has 1 unspecified atom stereocenters. The molecular formula is C13H17BrF2N2O2S. The molecule has 0 bridgehead atoms. The second-order valence-corrected chi connectivity index (χ2v) is 7.70. The van der Waals surface area contributed by atoms with Crippen molar-refractivity contribution in [2.75, 3.05) is 20.1 Å². The van der Waals surface area contributed by atoms with Crippen molar-refractivity contribution in [3.05, 3.63) is 28.2 Å². The third-order valence-corrected chi connectivity index (χ3v) is 6.46. The highest BCUT2D eigenvalue weighted by molar-refractivity contribution is 9.10. The molecular weight excluding hydrogens is 366 g/mol. The van der Waals surface area contributed by atoms with E-state index in [0.29, 0.717) is 19.2 Å². The van der Waals surface area contributed by atoms with Crippen LogP contribution in [0.2, 0.25) is 0 Å². The van der Waals surface area contributed by atoms with Gasteiger partial charge in [-0.1, -0.05) is 6.42 Å². The van der Waals surface area contributed by atoms with Crippen molar-refractivity contribution < 1.29 is 17.2 Å². The summed E-state index contributed by atoms with van der Waals surface area (Å²) in [4.78, 5) is -0.494. The first-order valence-corrected chi connectivity index (χ1v) is 8.92. The zero-order chi connectivity index (χ0) is 15.6. The summed E-state index contributed by atoms with van der Waals surface area (Å²) in [5.41, 5.74) is 0. The quantitative estimate of drug-likeness (QED) is 0.869. The van der Waals surface area contributed by atoms with E-state index in [1.165, 1.54) is 4.31 Å². The normalized spacial score (nSPS) is 20.7. The minimum atomic E-state index is -4.01. The van der Waals surface area contributed by atoms with Crippen LogP contribution in [0, 0.1) is 11.6 Å². The average Bonchev–Trinajstić information content (AvgIpc) is 2.37. The van der Waals surface area contributed by atoms with E-state index in [2.05, 4.69) is 21.2 Å². The molecule has 2 rings (SSSR count). The molecule has 1 aliphatic heterocycles. The van der Waals surface area contributed by atoms with Crippen LogP contribution < -0.4 is 5.32 Å². The van der Waals surface area contributed by atoms with Crippen molar-refractivity contribution in [2.45, 2.75) is 30.2 Å². The molecule has 1 atom stereocenters. The lowest BCUT2D eigenvalue weighted by molar-refractivity contribution is 0.248. The van der Waals surface area contributed by atoms with Crippen LogP contribution >= 0.6 is 15.9 Å². The largest absolute Gasteiger partial charge is 0.318 e. The number of rotatable bonds is 4. The molecule has 1 saturated heterocycles. The van der Waals surface area contributed by atoms with Crippen LogP contribution in [-0.4, -0.2) is 38.9 Å². The lowest BCUT2D eigenvalue weighted by Gasteiger charge is -2.34. The molecule has 21 heavy (non-hydrogen) atoms. The van der Waals surface area contributed by atoms with Crippen molar-refractivity contribution in [3.63, 3.8) is 0 Å². The van der Waals surface area contributed by atoms with E-state index in [-0.39, 0.29) is 10.5 Å². The summed E-state index contributed by atoms with van der Waals surface area (Å²) in [6.07, 6.45) is 2.39. The summed E-state index contributed by atoms with van der Waals surface area (Å²) in [6.45, 7) is 0.845. The van der Waals surface area contributed by atoms with E-state index in [9.17, 15) is 17.2 Å². The summed E-state index contributed by atoms with van der Waals surface area (Å²) >= 11 is 2.96. The zero-order valence-electron chi connectivity index (χ0n) is 11.6. The molecule has 0 amide bonds. The third kappa shape index (κ3) is 3.44. The SMILES string of the molecule is CNCC1CCCCN1S(=O)(=O)c1c(F)cc(F)cc1Br. The van der Waals surface area contributed by atoms with Gasteiger partial charge in [-0.2, -0.15) is 4.31 Å². The van der Waals surface area contributed by atoms with Crippen LogP contribution in [0.5, 0.6) is 0 Å². The van der Waals surface area contributed by atoms with E-state index in [1.807, 2.05) is 0 Å². The Kier molecular flexibility index (Phi) is 5.34. The number of nitrogens with one attached hydrogen (secondary N) is 1. The Bertz CT molecular complexity index is 600. The highest BCUT2D eigenvalue weighted by atomic mass is 79.9. The summed E-state index contributed by atoms with van der Waals surface area (Å²) in [5.74, 6) is -1.89. The van der Waals surface area contributed by atoms with Gasteiger partial charge in [0.15, 0.2) is 0 Å². The van der Waals surface area contributed by atoms with Gasteiger partial charge >= 0.3 is 0 Å². The van der Waals surface area contributed by atoms with Gasteiger partial charge in [-0.15, -0.1) is 0 Å². The zero-order valence-corrected chi connectivity index (χ0v) is 14.0. The second-order valence-electron chi connectivity index (χ2n) is 5.02. The van der Waals surface area contributed by atoms with Crippen LogP contribution in [-0.2, 0) is 10.0 Å². The molecule has 1 aromatic rings. The van der Waals surface area contributed by atoms with Gasteiger partial charge in [0.2, 0.25) is 10.0 Å². The molecule has 8 heteroatoms. The fraction of sp³-hybridized carbons (Fsp3) is 0.538. The molecule has 1 N–H and O–H groups in total. The summed E-state index contributed by atoms with van der Waals surface area (Å²) < 4.78 is 53.8. The predicted octanol–water partition coefficient (Wildman–Crippen LogP) is 2.49. The van der Waals surface area contributed by atoms with E-state index in [4.69, 9.17) is 0 Å². The van der Waals surface area contributed by atoms with Crippen molar-refractivity contribution in [3.8, 4) is 0 Å². The monoisotopic (exact) mass is 382 g/mol. The van der Waals surface area contributed by atoms with Crippen LogP contribution in [0.4, 0.5) is 8.78 Å². The van der Waals surface area contributed by atoms with E-state index in [1.54, 1.807) is 7.05 Å².